The van der Waals surface area contributed by atoms with Crippen molar-refractivity contribution in [2.45, 2.75) is 56.1 Å². The highest BCUT2D eigenvalue weighted by Gasteiger charge is 2.55. The van der Waals surface area contributed by atoms with Crippen molar-refractivity contribution in [2.75, 3.05) is 19.7 Å². The Bertz CT molecular complexity index is 597. The molecule has 3 fully saturated rings. The highest BCUT2D eigenvalue weighted by Crippen LogP contribution is 2.52. The highest BCUT2D eigenvalue weighted by molar-refractivity contribution is 5.45. The number of phenolic OH excluding ortho intramolecular Hbond substituents is 1. The molecule has 2 heterocycles. The lowest BCUT2D eigenvalue weighted by molar-refractivity contribution is -0.128. The molecular weight excluding hydrogens is 274 g/mol. The molecule has 5 rings (SSSR count). The largest absolute Gasteiger partial charge is 0.508 e. The number of rotatable bonds is 2. The first-order valence-electron chi connectivity index (χ1n) is 8.94. The number of aromatic hydroxyl groups is 1. The standard InChI is InChI=1S/C19H25NO2/c21-15-5-4-14-10-17-18-19(16(14)11-15,6-1-9-22-18)7-8-20(17)12-13-2-3-13/h4-5,11,13,17-18,21H,1-3,6-10,12H2/t17-,18+,19+/m1/s1. The van der Waals surface area contributed by atoms with E-state index in [0.29, 0.717) is 17.9 Å². The Hall–Kier alpha value is -1.06. The molecule has 22 heavy (non-hydrogen) atoms. The first-order valence-corrected chi connectivity index (χ1v) is 8.94. The maximum absolute atomic E-state index is 10.0. The second-order valence-electron chi connectivity index (χ2n) is 7.85. The number of phenols is 1. The molecule has 1 aromatic rings. The number of benzene rings is 1. The van der Waals surface area contributed by atoms with Crippen LogP contribution < -0.4 is 0 Å². The maximum Gasteiger partial charge on any atom is 0.115 e. The fraction of sp³-hybridized carbons (Fsp3) is 0.684. The SMILES string of the molecule is Oc1ccc2c(c1)[C@@]13CCCO[C@H]1[C@@H](C2)N(CC1CC1)CC3. The van der Waals surface area contributed by atoms with Gasteiger partial charge in [-0.2, -0.15) is 0 Å². The molecule has 3 nitrogen and oxygen atoms in total. The quantitative estimate of drug-likeness (QED) is 0.911. The van der Waals surface area contributed by atoms with Crippen LogP contribution in [0.5, 0.6) is 5.75 Å². The zero-order valence-electron chi connectivity index (χ0n) is 13.1. The number of hydrogen-bond donors (Lipinski definition) is 1. The minimum absolute atomic E-state index is 0.162. The molecule has 3 heteroatoms. The van der Waals surface area contributed by atoms with Gasteiger partial charge in [0.25, 0.3) is 0 Å². The van der Waals surface area contributed by atoms with Gasteiger partial charge < -0.3 is 9.84 Å². The molecule has 2 bridgehead atoms. The van der Waals surface area contributed by atoms with Crippen molar-refractivity contribution in [3.05, 3.63) is 29.3 Å². The molecular formula is C19H25NO2. The van der Waals surface area contributed by atoms with Crippen LogP contribution in [-0.4, -0.2) is 41.8 Å². The number of likely N-dealkylation sites (tertiary alicyclic amines) is 1. The lowest BCUT2D eigenvalue weighted by Gasteiger charge is -2.58. The van der Waals surface area contributed by atoms with Gasteiger partial charge in [-0.05, 0) is 74.2 Å². The van der Waals surface area contributed by atoms with E-state index in [1.807, 2.05) is 12.1 Å². The van der Waals surface area contributed by atoms with Crippen LogP contribution in [0.3, 0.4) is 0 Å². The molecule has 1 N–H and O–H groups in total. The molecule has 2 aliphatic carbocycles. The van der Waals surface area contributed by atoms with Gasteiger partial charge >= 0.3 is 0 Å². The van der Waals surface area contributed by atoms with Gasteiger partial charge in [0.1, 0.15) is 5.75 Å². The molecule has 4 aliphatic rings. The molecule has 0 aromatic heterocycles. The van der Waals surface area contributed by atoms with Crippen LogP contribution in [0.25, 0.3) is 0 Å². The predicted molar refractivity (Wildman–Crippen MR) is 85.2 cm³/mol. The second kappa shape index (κ2) is 4.72. The Labute approximate surface area is 132 Å². The molecule has 1 saturated carbocycles. The van der Waals surface area contributed by atoms with Crippen LogP contribution in [0.2, 0.25) is 0 Å². The summed E-state index contributed by atoms with van der Waals surface area (Å²) in [5, 5.41) is 10.0. The number of ether oxygens (including phenoxy) is 1. The Morgan fingerprint density at radius 3 is 3.05 bits per heavy atom. The van der Waals surface area contributed by atoms with Crippen LogP contribution in [0.15, 0.2) is 18.2 Å². The lowest BCUT2D eigenvalue weighted by Crippen LogP contribution is -2.65. The van der Waals surface area contributed by atoms with E-state index in [2.05, 4.69) is 11.0 Å². The summed E-state index contributed by atoms with van der Waals surface area (Å²) in [5.41, 5.74) is 3.00. The van der Waals surface area contributed by atoms with E-state index in [1.54, 1.807) is 0 Å². The van der Waals surface area contributed by atoms with Gasteiger partial charge in [-0.1, -0.05) is 6.07 Å². The number of nitrogens with zero attached hydrogens (tertiary/aromatic N) is 1. The fourth-order valence-corrected chi connectivity index (χ4v) is 5.30. The Morgan fingerprint density at radius 1 is 1.27 bits per heavy atom. The number of piperidine rings is 1. The van der Waals surface area contributed by atoms with Crippen LogP contribution in [0.4, 0.5) is 0 Å². The first kappa shape index (κ1) is 13.4. The maximum atomic E-state index is 10.0. The third kappa shape index (κ3) is 1.88. The van der Waals surface area contributed by atoms with Gasteiger partial charge in [0.2, 0.25) is 0 Å². The molecule has 118 valence electrons. The van der Waals surface area contributed by atoms with Crippen molar-refractivity contribution in [3.63, 3.8) is 0 Å². The van der Waals surface area contributed by atoms with Crippen molar-refractivity contribution in [2.24, 2.45) is 5.92 Å². The van der Waals surface area contributed by atoms with E-state index >= 15 is 0 Å². The minimum atomic E-state index is 0.162. The van der Waals surface area contributed by atoms with Crippen molar-refractivity contribution in [1.82, 2.24) is 4.90 Å². The highest BCUT2D eigenvalue weighted by atomic mass is 16.5. The van der Waals surface area contributed by atoms with Gasteiger partial charge in [0.15, 0.2) is 0 Å². The first-order chi connectivity index (χ1) is 10.8. The summed E-state index contributed by atoms with van der Waals surface area (Å²) in [6.07, 6.45) is 7.84. The number of hydrogen-bond acceptors (Lipinski definition) is 3. The van der Waals surface area contributed by atoms with E-state index in [1.165, 1.54) is 49.9 Å². The van der Waals surface area contributed by atoms with E-state index in [4.69, 9.17) is 4.74 Å². The second-order valence-corrected chi connectivity index (χ2v) is 7.85. The van der Waals surface area contributed by atoms with E-state index < -0.39 is 0 Å². The van der Waals surface area contributed by atoms with Gasteiger partial charge in [-0.15, -0.1) is 0 Å². The monoisotopic (exact) mass is 299 g/mol. The minimum Gasteiger partial charge on any atom is -0.508 e. The van der Waals surface area contributed by atoms with E-state index in [-0.39, 0.29) is 5.41 Å². The van der Waals surface area contributed by atoms with Crippen molar-refractivity contribution in [3.8, 4) is 5.75 Å². The Kier molecular flexibility index (Phi) is 2.87. The average Bonchev–Trinajstić information content (AvgIpc) is 3.35. The van der Waals surface area contributed by atoms with Crippen LogP contribution in [-0.2, 0) is 16.6 Å². The molecule has 0 unspecified atom stereocenters. The van der Waals surface area contributed by atoms with Gasteiger partial charge in [0, 0.05) is 24.6 Å². The summed E-state index contributed by atoms with van der Waals surface area (Å²) in [7, 11) is 0. The van der Waals surface area contributed by atoms with Gasteiger partial charge in [-0.3, -0.25) is 4.90 Å². The molecule has 0 amide bonds. The summed E-state index contributed by atoms with van der Waals surface area (Å²) in [6.45, 7) is 3.39. The molecule has 2 saturated heterocycles. The third-order valence-electron chi connectivity index (χ3n) is 6.52. The van der Waals surface area contributed by atoms with Crippen LogP contribution in [0, 0.1) is 5.92 Å². The van der Waals surface area contributed by atoms with Crippen molar-refractivity contribution < 1.29 is 9.84 Å². The molecule has 3 atom stereocenters. The summed E-state index contributed by atoms with van der Waals surface area (Å²) in [5.74, 6) is 1.36. The topological polar surface area (TPSA) is 32.7 Å². The molecule has 1 aromatic carbocycles. The van der Waals surface area contributed by atoms with Gasteiger partial charge in [-0.25, -0.2) is 0 Å². The fourth-order valence-electron chi connectivity index (χ4n) is 5.30. The third-order valence-corrected chi connectivity index (χ3v) is 6.52. The van der Waals surface area contributed by atoms with Crippen molar-refractivity contribution >= 4 is 0 Å². The zero-order chi connectivity index (χ0) is 14.7. The number of fused-ring (bicyclic) bond motifs is 1. The summed E-state index contributed by atoms with van der Waals surface area (Å²) in [4.78, 5) is 2.72. The zero-order valence-corrected chi connectivity index (χ0v) is 13.1. The Morgan fingerprint density at radius 2 is 2.18 bits per heavy atom. The normalized spacial score (nSPS) is 37.5. The molecule has 0 radical (unpaired) electrons. The predicted octanol–water partition coefficient (Wildman–Crippen LogP) is 2.85. The summed E-state index contributed by atoms with van der Waals surface area (Å²) >= 11 is 0. The van der Waals surface area contributed by atoms with E-state index in [0.717, 1.165) is 25.4 Å². The average molecular weight is 299 g/mol. The van der Waals surface area contributed by atoms with Crippen LogP contribution >= 0.6 is 0 Å². The smallest absolute Gasteiger partial charge is 0.115 e. The van der Waals surface area contributed by atoms with Crippen molar-refractivity contribution in [1.29, 1.82) is 0 Å². The molecule has 0 spiro atoms. The molecule has 2 aliphatic heterocycles. The van der Waals surface area contributed by atoms with Crippen LogP contribution in [0.1, 0.15) is 43.2 Å². The lowest BCUT2D eigenvalue weighted by atomic mass is 9.59. The van der Waals surface area contributed by atoms with Gasteiger partial charge in [0.05, 0.1) is 6.10 Å². The summed E-state index contributed by atoms with van der Waals surface area (Å²) in [6, 6.07) is 6.60. The summed E-state index contributed by atoms with van der Waals surface area (Å²) < 4.78 is 6.35. The Balaban J connectivity index is 1.58. The van der Waals surface area contributed by atoms with E-state index in [9.17, 15) is 5.11 Å².